The van der Waals surface area contributed by atoms with Gasteiger partial charge in [0.25, 0.3) is 0 Å². The fourth-order valence-electron chi connectivity index (χ4n) is 2.32. The van der Waals surface area contributed by atoms with Crippen LogP contribution < -0.4 is 15.4 Å². The van der Waals surface area contributed by atoms with Gasteiger partial charge in [0.1, 0.15) is 0 Å². The highest BCUT2D eigenvalue weighted by atomic mass is 32.2. The van der Waals surface area contributed by atoms with E-state index >= 15 is 0 Å². The van der Waals surface area contributed by atoms with E-state index < -0.39 is 10.0 Å². The Kier molecular flexibility index (Phi) is 8.52. The molecular formula is C18H32N4O3S. The molecular weight excluding hydrogens is 352 g/mol. The van der Waals surface area contributed by atoms with E-state index in [4.69, 9.17) is 4.74 Å². The maximum atomic E-state index is 12.2. The normalized spacial score (nSPS) is 14.2. The summed E-state index contributed by atoms with van der Waals surface area (Å²) < 4.78 is 32.5. The van der Waals surface area contributed by atoms with Crippen molar-refractivity contribution in [2.24, 2.45) is 10.4 Å². The van der Waals surface area contributed by atoms with Crippen molar-refractivity contribution in [3.05, 3.63) is 29.8 Å². The van der Waals surface area contributed by atoms with Crippen LogP contribution in [0.3, 0.4) is 0 Å². The lowest BCUT2D eigenvalue weighted by atomic mass is 9.89. The first-order valence-corrected chi connectivity index (χ1v) is 10.1. The lowest BCUT2D eigenvalue weighted by Crippen LogP contribution is -2.46. The number of guanidine groups is 1. The molecule has 8 heteroatoms. The number of hydrogen-bond acceptors (Lipinski definition) is 4. The SMILES string of the molecule is CN=C(NCCNS(=O)(=O)c1ccc(C)cc1)NCC(OC)C(C)(C)C. The molecule has 0 aliphatic heterocycles. The molecule has 26 heavy (non-hydrogen) atoms. The Bertz CT molecular complexity index is 679. The van der Waals surface area contributed by atoms with Gasteiger partial charge in [-0.1, -0.05) is 38.5 Å². The largest absolute Gasteiger partial charge is 0.379 e. The minimum atomic E-state index is -3.50. The zero-order valence-electron chi connectivity index (χ0n) is 16.6. The molecule has 3 N–H and O–H groups in total. The van der Waals surface area contributed by atoms with Crippen LogP contribution >= 0.6 is 0 Å². The van der Waals surface area contributed by atoms with Crippen LogP contribution in [0.1, 0.15) is 26.3 Å². The van der Waals surface area contributed by atoms with Crippen molar-refractivity contribution in [2.75, 3.05) is 33.8 Å². The van der Waals surface area contributed by atoms with Gasteiger partial charge in [-0.25, -0.2) is 13.1 Å². The minimum Gasteiger partial charge on any atom is -0.379 e. The topological polar surface area (TPSA) is 91.8 Å². The summed E-state index contributed by atoms with van der Waals surface area (Å²) in [4.78, 5) is 4.40. The monoisotopic (exact) mass is 384 g/mol. The van der Waals surface area contributed by atoms with Crippen molar-refractivity contribution in [3.63, 3.8) is 0 Å². The second-order valence-corrected chi connectivity index (χ2v) is 8.95. The molecule has 0 aliphatic rings. The van der Waals surface area contributed by atoms with Gasteiger partial charge in [-0.15, -0.1) is 0 Å². The summed E-state index contributed by atoms with van der Waals surface area (Å²) in [6.07, 6.45) is 0.0288. The highest BCUT2D eigenvalue weighted by Crippen LogP contribution is 2.20. The molecule has 0 aromatic heterocycles. The number of aryl methyl sites for hydroxylation is 1. The van der Waals surface area contributed by atoms with Crippen LogP contribution in [0.5, 0.6) is 0 Å². The molecule has 0 fully saturated rings. The van der Waals surface area contributed by atoms with E-state index in [0.717, 1.165) is 5.56 Å². The number of rotatable bonds is 8. The fourth-order valence-corrected chi connectivity index (χ4v) is 3.35. The third-order valence-electron chi connectivity index (χ3n) is 3.97. The van der Waals surface area contributed by atoms with Gasteiger partial charge in [-0.05, 0) is 24.5 Å². The van der Waals surface area contributed by atoms with Gasteiger partial charge >= 0.3 is 0 Å². The number of sulfonamides is 1. The summed E-state index contributed by atoms with van der Waals surface area (Å²) in [6.45, 7) is 9.52. The van der Waals surface area contributed by atoms with Crippen LogP contribution in [0.4, 0.5) is 0 Å². The van der Waals surface area contributed by atoms with E-state index in [-0.39, 0.29) is 23.0 Å². The third kappa shape index (κ3) is 7.31. The van der Waals surface area contributed by atoms with Crippen LogP contribution in [-0.2, 0) is 14.8 Å². The van der Waals surface area contributed by atoms with E-state index in [1.807, 2.05) is 6.92 Å². The van der Waals surface area contributed by atoms with E-state index in [1.165, 1.54) is 0 Å². The van der Waals surface area contributed by atoms with E-state index in [2.05, 4.69) is 41.1 Å². The first-order valence-electron chi connectivity index (χ1n) is 8.64. The highest BCUT2D eigenvalue weighted by molar-refractivity contribution is 7.89. The van der Waals surface area contributed by atoms with Crippen molar-refractivity contribution < 1.29 is 13.2 Å². The quantitative estimate of drug-likeness (QED) is 0.359. The van der Waals surface area contributed by atoms with Gasteiger partial charge < -0.3 is 15.4 Å². The zero-order chi connectivity index (χ0) is 19.8. The number of benzene rings is 1. The number of hydrogen-bond donors (Lipinski definition) is 3. The lowest BCUT2D eigenvalue weighted by Gasteiger charge is -2.30. The zero-order valence-corrected chi connectivity index (χ0v) is 17.4. The highest BCUT2D eigenvalue weighted by Gasteiger charge is 2.24. The molecule has 0 saturated heterocycles. The summed E-state index contributed by atoms with van der Waals surface area (Å²) in [5.41, 5.74) is 1.02. The maximum absolute atomic E-state index is 12.2. The molecule has 0 aliphatic carbocycles. The Balaban J connectivity index is 2.44. The minimum absolute atomic E-state index is 0.00424. The third-order valence-corrected chi connectivity index (χ3v) is 5.45. The molecule has 148 valence electrons. The van der Waals surface area contributed by atoms with Gasteiger partial charge in [-0.2, -0.15) is 0 Å². The molecule has 1 aromatic rings. The van der Waals surface area contributed by atoms with E-state index in [0.29, 0.717) is 19.0 Å². The molecule has 0 bridgehead atoms. The standard InChI is InChI=1S/C18H32N4O3S/c1-14-7-9-15(10-8-14)26(23,24)22-12-11-20-17(19-5)21-13-16(25-6)18(2,3)4/h7-10,16,22H,11-13H2,1-6H3,(H2,19,20,21). The van der Waals surface area contributed by atoms with Crippen LogP contribution in [0.25, 0.3) is 0 Å². The average Bonchev–Trinajstić information content (AvgIpc) is 2.56. The van der Waals surface area contributed by atoms with E-state index in [9.17, 15) is 8.42 Å². The molecule has 0 spiro atoms. The van der Waals surface area contributed by atoms with Gasteiger partial charge in [0.15, 0.2) is 5.96 Å². The van der Waals surface area contributed by atoms with Crippen molar-refractivity contribution in [3.8, 4) is 0 Å². The number of ether oxygens (including phenoxy) is 1. The van der Waals surface area contributed by atoms with Crippen molar-refractivity contribution in [2.45, 2.75) is 38.7 Å². The Morgan fingerprint density at radius 1 is 1.15 bits per heavy atom. The first-order chi connectivity index (χ1) is 12.1. The van der Waals surface area contributed by atoms with Crippen LogP contribution in [0, 0.1) is 12.3 Å². The fraction of sp³-hybridized carbons (Fsp3) is 0.611. The number of nitrogens with one attached hydrogen (secondary N) is 3. The molecule has 1 unspecified atom stereocenters. The van der Waals surface area contributed by atoms with Crippen molar-refractivity contribution in [1.29, 1.82) is 0 Å². The molecule has 0 amide bonds. The number of methoxy groups -OCH3 is 1. The Hall–Kier alpha value is -1.64. The van der Waals surface area contributed by atoms with E-state index in [1.54, 1.807) is 38.4 Å². The Morgan fingerprint density at radius 2 is 1.77 bits per heavy atom. The predicted molar refractivity (Wildman–Crippen MR) is 106 cm³/mol. The van der Waals surface area contributed by atoms with Crippen LogP contribution in [0.2, 0.25) is 0 Å². The maximum Gasteiger partial charge on any atom is 0.240 e. The summed E-state index contributed by atoms with van der Waals surface area (Å²) in [5.74, 6) is 0.603. The van der Waals surface area contributed by atoms with Crippen LogP contribution in [0.15, 0.2) is 34.2 Å². The van der Waals surface area contributed by atoms with Crippen LogP contribution in [-0.4, -0.2) is 54.3 Å². The molecule has 7 nitrogen and oxygen atoms in total. The molecule has 0 radical (unpaired) electrons. The average molecular weight is 385 g/mol. The smallest absolute Gasteiger partial charge is 0.240 e. The Labute approximate surface area is 157 Å². The predicted octanol–water partition coefficient (Wildman–Crippen LogP) is 1.50. The van der Waals surface area contributed by atoms with Crippen molar-refractivity contribution in [1.82, 2.24) is 15.4 Å². The van der Waals surface area contributed by atoms with Gasteiger partial charge in [0, 0.05) is 33.8 Å². The number of nitrogens with zero attached hydrogens (tertiary/aromatic N) is 1. The summed E-state index contributed by atoms with van der Waals surface area (Å²) in [7, 11) is -0.142. The van der Waals surface area contributed by atoms with Crippen molar-refractivity contribution >= 4 is 16.0 Å². The molecule has 1 aromatic carbocycles. The molecule has 1 atom stereocenters. The second kappa shape index (κ2) is 9.89. The first kappa shape index (κ1) is 22.4. The number of aliphatic imine (C=N–C) groups is 1. The molecule has 1 rings (SSSR count). The van der Waals surface area contributed by atoms with Gasteiger partial charge in [0.2, 0.25) is 10.0 Å². The lowest BCUT2D eigenvalue weighted by molar-refractivity contribution is 0.0205. The summed E-state index contributed by atoms with van der Waals surface area (Å²) >= 11 is 0. The second-order valence-electron chi connectivity index (χ2n) is 7.18. The van der Waals surface area contributed by atoms with Gasteiger partial charge in [-0.3, -0.25) is 4.99 Å². The summed E-state index contributed by atoms with van der Waals surface area (Å²) in [5, 5.41) is 6.29. The summed E-state index contributed by atoms with van der Waals surface area (Å²) in [6, 6.07) is 6.76. The van der Waals surface area contributed by atoms with Gasteiger partial charge in [0.05, 0.1) is 11.0 Å². The molecule has 0 saturated carbocycles. The Morgan fingerprint density at radius 3 is 2.27 bits per heavy atom. The molecule has 0 heterocycles.